The average molecular weight is 479 g/mol. The number of rotatable bonds is 6. The fourth-order valence-electron chi connectivity index (χ4n) is 5.17. The molecule has 7 heteroatoms. The molecule has 0 spiro atoms. The first kappa shape index (κ1) is 22.1. The van der Waals surface area contributed by atoms with E-state index in [1.54, 1.807) is 11.7 Å². The third-order valence-electron chi connectivity index (χ3n) is 6.93. The van der Waals surface area contributed by atoms with Crippen LogP contribution in [0.15, 0.2) is 77.6 Å². The van der Waals surface area contributed by atoms with Gasteiger partial charge in [0, 0.05) is 24.0 Å². The van der Waals surface area contributed by atoms with Crippen LogP contribution >= 0.6 is 0 Å². The van der Waals surface area contributed by atoms with Gasteiger partial charge in [-0.05, 0) is 54.3 Å². The van der Waals surface area contributed by atoms with Gasteiger partial charge in [-0.15, -0.1) is 0 Å². The van der Waals surface area contributed by atoms with Gasteiger partial charge in [0.05, 0.1) is 23.7 Å². The molecule has 5 aromatic rings. The number of hydrogen-bond donors (Lipinski definition) is 1. The molecule has 3 heterocycles. The number of methoxy groups -OCH3 is 1. The van der Waals surface area contributed by atoms with Crippen molar-refractivity contribution in [3.8, 4) is 17.3 Å². The van der Waals surface area contributed by atoms with E-state index in [0.29, 0.717) is 29.8 Å². The van der Waals surface area contributed by atoms with E-state index in [2.05, 4.69) is 11.4 Å². The average Bonchev–Trinajstić information content (AvgIpc) is 3.23. The third-order valence-corrected chi connectivity index (χ3v) is 6.93. The summed E-state index contributed by atoms with van der Waals surface area (Å²) in [6, 6.07) is 23.4. The predicted octanol–water partition coefficient (Wildman–Crippen LogP) is 3.94. The smallest absolute Gasteiger partial charge is 0.261 e. The number of fused-ring (bicyclic) bond motifs is 6. The SMILES string of the molecule is COc1ccc(CCNC(=O)Cn2c3c(c4ccccc42)CCn2c-3nc3ccccc3c2=O)cc1. The molecular formula is C29H26N4O3. The third kappa shape index (κ3) is 3.73. The summed E-state index contributed by atoms with van der Waals surface area (Å²) in [4.78, 5) is 31.3. The van der Waals surface area contributed by atoms with E-state index >= 15 is 0 Å². The Morgan fingerprint density at radius 1 is 1.00 bits per heavy atom. The fraction of sp³-hybridized carbons (Fsp3) is 0.207. The Morgan fingerprint density at radius 3 is 2.56 bits per heavy atom. The molecule has 0 fully saturated rings. The number of aromatic nitrogens is 3. The minimum absolute atomic E-state index is 0.0398. The summed E-state index contributed by atoms with van der Waals surface area (Å²) in [7, 11) is 1.64. The number of nitrogens with one attached hydrogen (secondary N) is 1. The highest BCUT2D eigenvalue weighted by Crippen LogP contribution is 2.36. The van der Waals surface area contributed by atoms with Crippen molar-refractivity contribution in [2.75, 3.05) is 13.7 Å². The number of benzene rings is 3. The number of ether oxygens (including phenoxy) is 1. The molecule has 7 nitrogen and oxygen atoms in total. The number of para-hydroxylation sites is 2. The molecule has 0 atom stereocenters. The van der Waals surface area contributed by atoms with E-state index in [-0.39, 0.29) is 18.0 Å². The Balaban J connectivity index is 1.34. The van der Waals surface area contributed by atoms with Gasteiger partial charge in [0.25, 0.3) is 5.56 Å². The molecule has 0 bridgehead atoms. The van der Waals surface area contributed by atoms with Gasteiger partial charge in [0.1, 0.15) is 12.3 Å². The zero-order chi connectivity index (χ0) is 24.6. The van der Waals surface area contributed by atoms with Crippen LogP contribution in [-0.4, -0.2) is 33.7 Å². The standard InChI is InChI=1S/C29H26N4O3/c1-36-20-12-10-19(11-13-20)14-16-30-26(34)18-33-25-9-5-3-6-21(25)22-15-17-32-28(27(22)33)31-24-8-4-2-7-23(24)29(32)35/h2-13H,14-18H2,1H3,(H,30,34). The molecule has 3 aromatic carbocycles. The van der Waals surface area contributed by atoms with Crippen LogP contribution in [0.4, 0.5) is 0 Å². The quantitative estimate of drug-likeness (QED) is 0.401. The summed E-state index contributed by atoms with van der Waals surface area (Å²) in [5.74, 6) is 1.36. The van der Waals surface area contributed by atoms with Gasteiger partial charge < -0.3 is 14.6 Å². The first-order valence-electron chi connectivity index (χ1n) is 12.1. The van der Waals surface area contributed by atoms with Gasteiger partial charge in [0.15, 0.2) is 5.82 Å². The monoisotopic (exact) mass is 478 g/mol. The number of hydrogen-bond acceptors (Lipinski definition) is 4. The van der Waals surface area contributed by atoms with E-state index < -0.39 is 0 Å². The van der Waals surface area contributed by atoms with E-state index in [1.165, 1.54) is 0 Å². The molecule has 1 amide bonds. The highest BCUT2D eigenvalue weighted by atomic mass is 16.5. The minimum atomic E-state index is -0.0766. The summed E-state index contributed by atoms with van der Waals surface area (Å²) < 4.78 is 8.97. The Morgan fingerprint density at radius 2 is 1.75 bits per heavy atom. The second-order valence-electron chi connectivity index (χ2n) is 9.04. The molecule has 6 rings (SSSR count). The molecule has 2 aromatic heterocycles. The van der Waals surface area contributed by atoms with Gasteiger partial charge >= 0.3 is 0 Å². The maximum Gasteiger partial charge on any atom is 0.261 e. The molecule has 36 heavy (non-hydrogen) atoms. The van der Waals surface area contributed by atoms with Crippen LogP contribution in [-0.2, 0) is 30.7 Å². The lowest BCUT2D eigenvalue weighted by Gasteiger charge is -2.21. The Bertz CT molecular complexity index is 1660. The van der Waals surface area contributed by atoms with Crippen molar-refractivity contribution in [1.29, 1.82) is 0 Å². The minimum Gasteiger partial charge on any atom is -0.497 e. The van der Waals surface area contributed by atoms with Crippen molar-refractivity contribution in [2.24, 2.45) is 0 Å². The van der Waals surface area contributed by atoms with E-state index in [4.69, 9.17) is 9.72 Å². The first-order valence-corrected chi connectivity index (χ1v) is 12.1. The lowest BCUT2D eigenvalue weighted by atomic mass is 10.0. The van der Waals surface area contributed by atoms with E-state index in [0.717, 1.165) is 46.3 Å². The van der Waals surface area contributed by atoms with Crippen molar-refractivity contribution in [1.82, 2.24) is 19.4 Å². The van der Waals surface area contributed by atoms with Gasteiger partial charge in [0.2, 0.25) is 5.91 Å². The largest absolute Gasteiger partial charge is 0.497 e. The fourth-order valence-corrected chi connectivity index (χ4v) is 5.17. The maximum absolute atomic E-state index is 13.3. The van der Waals surface area contributed by atoms with E-state index in [9.17, 15) is 9.59 Å². The number of amides is 1. The van der Waals surface area contributed by atoms with Gasteiger partial charge in [-0.3, -0.25) is 14.2 Å². The van der Waals surface area contributed by atoms with Gasteiger partial charge in [-0.25, -0.2) is 4.98 Å². The second kappa shape index (κ2) is 9.00. The van der Waals surface area contributed by atoms with E-state index in [1.807, 2.05) is 71.3 Å². The highest BCUT2D eigenvalue weighted by molar-refractivity contribution is 5.93. The Hall–Kier alpha value is -4.39. The number of nitrogens with zero attached hydrogens (tertiary/aromatic N) is 3. The topological polar surface area (TPSA) is 78.2 Å². The van der Waals surface area contributed by atoms with Crippen molar-refractivity contribution < 1.29 is 9.53 Å². The van der Waals surface area contributed by atoms with Crippen molar-refractivity contribution >= 4 is 27.7 Å². The van der Waals surface area contributed by atoms with Crippen LogP contribution in [0.5, 0.6) is 5.75 Å². The van der Waals surface area contributed by atoms with Crippen molar-refractivity contribution in [3.05, 3.63) is 94.3 Å². The first-order chi connectivity index (χ1) is 17.6. The predicted molar refractivity (Wildman–Crippen MR) is 140 cm³/mol. The molecule has 1 aliphatic heterocycles. The lowest BCUT2D eigenvalue weighted by Crippen LogP contribution is -2.31. The summed E-state index contributed by atoms with van der Waals surface area (Å²) in [5, 5.41) is 4.77. The normalized spacial score (nSPS) is 12.4. The summed E-state index contributed by atoms with van der Waals surface area (Å²) in [6.45, 7) is 1.26. The Labute approximate surface area is 208 Å². The van der Waals surface area contributed by atoms with Crippen LogP contribution in [0.2, 0.25) is 0 Å². The van der Waals surface area contributed by atoms with Crippen LogP contribution in [0.3, 0.4) is 0 Å². The molecule has 180 valence electrons. The van der Waals surface area contributed by atoms with Crippen LogP contribution in [0, 0.1) is 0 Å². The molecular weight excluding hydrogens is 452 g/mol. The summed E-state index contributed by atoms with van der Waals surface area (Å²) in [5.41, 5.74) is 4.73. The Kier molecular flexibility index (Phi) is 5.52. The molecule has 0 unspecified atom stereocenters. The highest BCUT2D eigenvalue weighted by Gasteiger charge is 2.27. The number of carbonyl (C=O) groups is 1. The summed E-state index contributed by atoms with van der Waals surface area (Å²) >= 11 is 0. The second-order valence-corrected chi connectivity index (χ2v) is 9.04. The molecule has 0 saturated heterocycles. The van der Waals surface area contributed by atoms with Crippen LogP contribution < -0.4 is 15.6 Å². The van der Waals surface area contributed by atoms with Crippen molar-refractivity contribution in [3.63, 3.8) is 0 Å². The van der Waals surface area contributed by atoms with Crippen molar-refractivity contribution in [2.45, 2.75) is 25.9 Å². The molecule has 0 aliphatic carbocycles. The van der Waals surface area contributed by atoms with Gasteiger partial charge in [-0.1, -0.05) is 42.5 Å². The zero-order valence-corrected chi connectivity index (χ0v) is 20.0. The number of carbonyl (C=O) groups excluding carboxylic acids is 1. The van der Waals surface area contributed by atoms with Crippen LogP contribution in [0.25, 0.3) is 33.3 Å². The molecule has 0 saturated carbocycles. The lowest BCUT2D eigenvalue weighted by molar-refractivity contribution is -0.121. The maximum atomic E-state index is 13.3. The van der Waals surface area contributed by atoms with Crippen LogP contribution in [0.1, 0.15) is 11.1 Å². The molecule has 0 radical (unpaired) electrons. The molecule has 1 aliphatic rings. The van der Waals surface area contributed by atoms with Gasteiger partial charge in [-0.2, -0.15) is 0 Å². The number of aryl methyl sites for hydroxylation is 1. The summed E-state index contributed by atoms with van der Waals surface area (Å²) in [6.07, 6.45) is 1.45. The zero-order valence-electron chi connectivity index (χ0n) is 20.0. The molecule has 1 N–H and O–H groups in total.